The van der Waals surface area contributed by atoms with Crippen LogP contribution < -0.4 is 5.73 Å². The Morgan fingerprint density at radius 3 is 2.12 bits per heavy atom. The first kappa shape index (κ1) is 19.5. The van der Waals surface area contributed by atoms with Gasteiger partial charge in [0.15, 0.2) is 0 Å². The molecule has 1 aliphatic carbocycles. The minimum absolute atomic E-state index is 0.265. The molecular weight excluding hydrogens is 304 g/mol. The Hall–Kier alpha value is -0.810. The zero-order valence-electron chi connectivity index (χ0n) is 16.3. The van der Waals surface area contributed by atoms with E-state index in [1.54, 1.807) is 4.90 Å². The van der Waals surface area contributed by atoms with Crippen LogP contribution >= 0.6 is 0 Å². The van der Waals surface area contributed by atoms with E-state index in [1.165, 1.54) is 0 Å². The smallest absolute Gasteiger partial charge is 0.410 e. The maximum absolute atomic E-state index is 12.3. The average molecular weight is 341 g/mol. The first-order valence-corrected chi connectivity index (χ1v) is 9.25. The monoisotopic (exact) mass is 340 g/mol. The zero-order chi connectivity index (χ0) is 18.4. The Balaban J connectivity index is 2.01. The summed E-state index contributed by atoms with van der Waals surface area (Å²) >= 11 is 0. The van der Waals surface area contributed by atoms with Crippen LogP contribution in [-0.2, 0) is 4.74 Å². The number of nitrogens with zero attached hydrogens (tertiary/aromatic N) is 1. The molecule has 2 rings (SSSR count). The highest BCUT2D eigenvalue weighted by molar-refractivity contribution is 5.68. The van der Waals surface area contributed by atoms with Gasteiger partial charge < -0.3 is 20.5 Å². The van der Waals surface area contributed by atoms with E-state index in [-0.39, 0.29) is 11.5 Å². The molecule has 2 fully saturated rings. The molecule has 2 aliphatic rings. The molecule has 5 nitrogen and oxygen atoms in total. The van der Waals surface area contributed by atoms with Gasteiger partial charge in [0.2, 0.25) is 0 Å². The number of aliphatic hydroxyl groups is 1. The van der Waals surface area contributed by atoms with Crippen LogP contribution in [0, 0.1) is 11.3 Å². The molecule has 140 valence electrons. The van der Waals surface area contributed by atoms with E-state index in [4.69, 9.17) is 10.5 Å². The molecule has 0 spiro atoms. The molecule has 1 saturated heterocycles. The lowest BCUT2D eigenvalue weighted by Gasteiger charge is -2.48. The molecule has 1 saturated carbocycles. The topological polar surface area (TPSA) is 75.8 Å². The number of carbonyl (C=O) groups is 1. The van der Waals surface area contributed by atoms with Crippen molar-refractivity contribution in [3.63, 3.8) is 0 Å². The summed E-state index contributed by atoms with van der Waals surface area (Å²) in [6.45, 7) is 13.3. The van der Waals surface area contributed by atoms with Crippen molar-refractivity contribution in [2.75, 3.05) is 13.1 Å². The number of amides is 1. The molecule has 3 N–H and O–H groups in total. The van der Waals surface area contributed by atoms with Crippen LogP contribution in [0.3, 0.4) is 0 Å². The lowest BCUT2D eigenvalue weighted by atomic mass is 9.63. The molecule has 24 heavy (non-hydrogen) atoms. The molecule has 1 unspecified atom stereocenters. The highest BCUT2D eigenvalue weighted by Crippen LogP contribution is 2.46. The van der Waals surface area contributed by atoms with Crippen molar-refractivity contribution in [2.24, 2.45) is 17.1 Å². The zero-order valence-corrected chi connectivity index (χ0v) is 16.3. The van der Waals surface area contributed by atoms with Crippen molar-refractivity contribution in [3.8, 4) is 0 Å². The fraction of sp³-hybridized carbons (Fsp3) is 0.947. The Morgan fingerprint density at radius 1 is 1.12 bits per heavy atom. The van der Waals surface area contributed by atoms with Gasteiger partial charge in [0.1, 0.15) is 5.60 Å². The van der Waals surface area contributed by atoms with E-state index < -0.39 is 16.7 Å². The van der Waals surface area contributed by atoms with Crippen LogP contribution in [0.25, 0.3) is 0 Å². The normalized spacial score (nSPS) is 35.2. The van der Waals surface area contributed by atoms with Crippen molar-refractivity contribution < 1.29 is 14.6 Å². The molecule has 1 atom stereocenters. The van der Waals surface area contributed by atoms with Crippen LogP contribution in [0.15, 0.2) is 0 Å². The van der Waals surface area contributed by atoms with Crippen molar-refractivity contribution in [2.45, 2.75) is 90.4 Å². The number of ether oxygens (including phenoxy) is 1. The number of rotatable bonds is 1. The molecule has 0 aromatic carbocycles. The van der Waals surface area contributed by atoms with Crippen LogP contribution in [0.1, 0.15) is 73.6 Å². The van der Waals surface area contributed by atoms with Crippen LogP contribution in [0.4, 0.5) is 4.79 Å². The SMILES string of the molecule is CC(C)(C)OC(=O)N1CCC(N)(C2(O)CCC(C(C)(C)C)CC2)C1. The van der Waals surface area contributed by atoms with Crippen LogP contribution in [-0.4, -0.2) is 45.9 Å². The van der Waals surface area contributed by atoms with Gasteiger partial charge in [-0.05, 0) is 64.2 Å². The second-order valence-corrected chi connectivity index (χ2v) is 9.98. The molecule has 0 radical (unpaired) electrons. The van der Waals surface area contributed by atoms with Crippen molar-refractivity contribution in [1.82, 2.24) is 4.90 Å². The second-order valence-electron chi connectivity index (χ2n) is 9.98. The highest BCUT2D eigenvalue weighted by Gasteiger charge is 2.54. The summed E-state index contributed by atoms with van der Waals surface area (Å²) in [7, 11) is 0. The van der Waals surface area contributed by atoms with Gasteiger partial charge in [0.05, 0.1) is 11.1 Å². The van der Waals surface area contributed by atoms with Crippen molar-refractivity contribution in [1.29, 1.82) is 0 Å². The minimum Gasteiger partial charge on any atom is -0.444 e. The standard InChI is InChI=1S/C19H36N2O3/c1-16(2,3)14-7-9-19(23,10-8-14)18(20)11-12-21(13-18)15(22)24-17(4,5)6/h14,23H,7-13,20H2,1-6H3. The molecule has 0 bridgehead atoms. The molecule has 0 aromatic heterocycles. The first-order valence-electron chi connectivity index (χ1n) is 9.25. The molecular formula is C19H36N2O3. The summed E-state index contributed by atoms with van der Waals surface area (Å²) in [4.78, 5) is 13.9. The minimum atomic E-state index is -0.883. The number of likely N-dealkylation sites (tertiary alicyclic amines) is 1. The third-order valence-electron chi connectivity index (χ3n) is 5.92. The lowest BCUT2D eigenvalue weighted by molar-refractivity contribution is -0.0796. The quantitative estimate of drug-likeness (QED) is 0.768. The van der Waals surface area contributed by atoms with Gasteiger partial charge in [-0.2, -0.15) is 0 Å². The summed E-state index contributed by atoms with van der Waals surface area (Å²) in [5.74, 6) is 0.615. The third-order valence-corrected chi connectivity index (χ3v) is 5.92. The molecule has 5 heteroatoms. The predicted octanol–water partition coefficient (Wildman–Crippen LogP) is 3.29. The third kappa shape index (κ3) is 4.05. The summed E-state index contributed by atoms with van der Waals surface area (Å²) in [5.41, 5.74) is 4.75. The number of nitrogens with two attached hydrogens (primary N) is 1. The molecule has 1 aliphatic heterocycles. The fourth-order valence-electron chi connectivity index (χ4n) is 4.15. The largest absolute Gasteiger partial charge is 0.444 e. The van der Waals surface area contributed by atoms with Gasteiger partial charge in [-0.25, -0.2) is 4.79 Å². The van der Waals surface area contributed by atoms with E-state index in [0.29, 0.717) is 38.3 Å². The maximum Gasteiger partial charge on any atom is 0.410 e. The van der Waals surface area contributed by atoms with Crippen molar-refractivity contribution >= 4 is 6.09 Å². The predicted molar refractivity (Wildman–Crippen MR) is 95.7 cm³/mol. The van der Waals surface area contributed by atoms with Crippen LogP contribution in [0.2, 0.25) is 0 Å². The molecule has 1 amide bonds. The Morgan fingerprint density at radius 2 is 1.67 bits per heavy atom. The summed E-state index contributed by atoms with van der Waals surface area (Å²) in [5, 5.41) is 11.2. The summed E-state index contributed by atoms with van der Waals surface area (Å²) < 4.78 is 5.45. The van der Waals surface area contributed by atoms with Gasteiger partial charge in [-0.3, -0.25) is 0 Å². The summed E-state index contributed by atoms with van der Waals surface area (Å²) in [6, 6.07) is 0. The van der Waals surface area contributed by atoms with Gasteiger partial charge in [-0.1, -0.05) is 20.8 Å². The Bertz CT molecular complexity index is 470. The van der Waals surface area contributed by atoms with E-state index >= 15 is 0 Å². The maximum atomic E-state index is 12.3. The first-order chi connectivity index (χ1) is 10.8. The Kier molecular flexibility index (Phi) is 5.02. The van der Waals surface area contributed by atoms with Gasteiger partial charge >= 0.3 is 6.09 Å². The number of hydrogen-bond donors (Lipinski definition) is 2. The van der Waals surface area contributed by atoms with E-state index in [2.05, 4.69) is 20.8 Å². The Labute approximate surface area is 146 Å². The second kappa shape index (κ2) is 6.17. The van der Waals surface area contributed by atoms with Gasteiger partial charge in [0.25, 0.3) is 0 Å². The van der Waals surface area contributed by atoms with Crippen molar-refractivity contribution in [3.05, 3.63) is 0 Å². The van der Waals surface area contributed by atoms with E-state index in [0.717, 1.165) is 12.8 Å². The fourth-order valence-corrected chi connectivity index (χ4v) is 4.15. The van der Waals surface area contributed by atoms with E-state index in [1.807, 2.05) is 20.8 Å². The lowest BCUT2D eigenvalue weighted by Crippen LogP contribution is -2.63. The van der Waals surface area contributed by atoms with Crippen LogP contribution in [0.5, 0.6) is 0 Å². The number of hydrogen-bond acceptors (Lipinski definition) is 4. The average Bonchev–Trinajstić information content (AvgIpc) is 2.81. The highest BCUT2D eigenvalue weighted by atomic mass is 16.6. The van der Waals surface area contributed by atoms with Gasteiger partial charge in [0, 0.05) is 13.1 Å². The van der Waals surface area contributed by atoms with Gasteiger partial charge in [-0.15, -0.1) is 0 Å². The summed E-state index contributed by atoms with van der Waals surface area (Å²) in [6.07, 6.45) is 3.71. The molecule has 0 aromatic rings. The molecule has 1 heterocycles. The van der Waals surface area contributed by atoms with E-state index in [9.17, 15) is 9.90 Å². The number of carbonyl (C=O) groups excluding carboxylic acids is 1.